The molecule has 1 saturated carbocycles. The normalized spacial score (nSPS) is 28.1. The van der Waals surface area contributed by atoms with Crippen LogP contribution < -0.4 is 5.56 Å². The van der Waals surface area contributed by atoms with Gasteiger partial charge in [0.1, 0.15) is 0 Å². The topological polar surface area (TPSA) is 26.9 Å². The minimum atomic E-state index is 0.105. The third-order valence-corrected chi connectivity index (χ3v) is 7.12. The van der Waals surface area contributed by atoms with Gasteiger partial charge in [0.05, 0.1) is 11.4 Å². The summed E-state index contributed by atoms with van der Waals surface area (Å²) in [4.78, 5) is 13.2. The lowest BCUT2D eigenvalue weighted by molar-refractivity contribution is 0.218. The van der Waals surface area contributed by atoms with E-state index in [-0.39, 0.29) is 16.4 Å². The molecule has 0 aliphatic heterocycles. The van der Waals surface area contributed by atoms with Gasteiger partial charge in [-0.2, -0.15) is 0 Å². The largest absolute Gasteiger partial charge is 0.284 e. The second-order valence-corrected chi connectivity index (χ2v) is 8.77. The van der Waals surface area contributed by atoms with Crippen molar-refractivity contribution in [3.8, 4) is 5.69 Å². The van der Waals surface area contributed by atoms with Crippen LogP contribution in [-0.2, 0) is 12.5 Å². The standard InChI is InChI=1S/C18H21IN2O/c1-17(2)13-8-9-18(17,3)15-14(13)16(22)21(20(15)4)12-7-5-6-11(19)10-12/h5-7,10,13H,8-9H2,1-4H3/t13-,18+/m1/s1. The van der Waals surface area contributed by atoms with Gasteiger partial charge in [0.15, 0.2) is 0 Å². The highest BCUT2D eigenvalue weighted by molar-refractivity contribution is 14.1. The summed E-state index contributed by atoms with van der Waals surface area (Å²) in [7, 11) is 2.04. The molecule has 1 fully saturated rings. The van der Waals surface area contributed by atoms with Crippen LogP contribution in [0.3, 0.4) is 0 Å². The zero-order chi connectivity index (χ0) is 15.9. The van der Waals surface area contributed by atoms with Crippen LogP contribution in [0.1, 0.15) is 50.8 Å². The Kier molecular flexibility index (Phi) is 2.83. The molecule has 116 valence electrons. The van der Waals surface area contributed by atoms with Crippen LogP contribution in [0.15, 0.2) is 29.1 Å². The average molecular weight is 408 g/mol. The van der Waals surface area contributed by atoms with Crippen LogP contribution in [0.5, 0.6) is 0 Å². The maximum absolute atomic E-state index is 13.2. The first-order chi connectivity index (χ1) is 10.3. The molecule has 2 aliphatic carbocycles. The highest BCUT2D eigenvalue weighted by Gasteiger charge is 2.62. The molecule has 2 aromatic rings. The Morgan fingerprint density at radius 2 is 2.00 bits per heavy atom. The molecule has 1 aromatic heterocycles. The number of aromatic nitrogens is 2. The molecule has 0 amide bonds. The molecule has 2 atom stereocenters. The van der Waals surface area contributed by atoms with Crippen molar-refractivity contribution < 1.29 is 0 Å². The van der Waals surface area contributed by atoms with Gasteiger partial charge in [-0.15, -0.1) is 0 Å². The maximum Gasteiger partial charge on any atom is 0.275 e. The fraction of sp³-hybridized carbons (Fsp3) is 0.500. The van der Waals surface area contributed by atoms with Gasteiger partial charge in [-0.1, -0.05) is 26.8 Å². The summed E-state index contributed by atoms with van der Waals surface area (Å²) in [6.07, 6.45) is 2.32. The summed E-state index contributed by atoms with van der Waals surface area (Å²) >= 11 is 2.30. The molecule has 0 radical (unpaired) electrons. The fourth-order valence-corrected chi connectivity index (χ4v) is 5.45. The van der Waals surface area contributed by atoms with E-state index in [1.807, 2.05) is 23.9 Å². The van der Waals surface area contributed by atoms with E-state index in [0.29, 0.717) is 5.92 Å². The minimum absolute atomic E-state index is 0.105. The van der Waals surface area contributed by atoms with Crippen LogP contribution in [0.2, 0.25) is 0 Å². The Hall–Kier alpha value is -1.04. The molecule has 2 aliphatic rings. The summed E-state index contributed by atoms with van der Waals surface area (Å²) < 4.78 is 5.13. The summed E-state index contributed by atoms with van der Waals surface area (Å²) in [5.74, 6) is 0.398. The number of fused-ring (bicyclic) bond motifs is 5. The zero-order valence-electron chi connectivity index (χ0n) is 13.5. The van der Waals surface area contributed by atoms with Crippen molar-refractivity contribution in [3.05, 3.63) is 49.4 Å². The first-order valence-electron chi connectivity index (χ1n) is 7.87. The number of halogens is 1. The second-order valence-electron chi connectivity index (χ2n) is 7.53. The lowest BCUT2D eigenvalue weighted by atomic mass is 9.70. The Bertz CT molecular complexity index is 845. The SMILES string of the molecule is Cn1c2c(c(=O)n1-c1cccc(I)c1)[C@H]1CC[C@]2(C)C1(C)C. The smallest absolute Gasteiger partial charge is 0.275 e. The first-order valence-corrected chi connectivity index (χ1v) is 8.95. The van der Waals surface area contributed by atoms with E-state index < -0.39 is 0 Å². The van der Waals surface area contributed by atoms with E-state index in [0.717, 1.165) is 21.2 Å². The van der Waals surface area contributed by atoms with Gasteiger partial charge in [-0.25, -0.2) is 4.68 Å². The van der Waals surface area contributed by atoms with Gasteiger partial charge < -0.3 is 0 Å². The third-order valence-electron chi connectivity index (χ3n) is 6.45. The molecule has 2 bridgehead atoms. The van der Waals surface area contributed by atoms with Crippen molar-refractivity contribution in [1.82, 2.24) is 9.36 Å². The van der Waals surface area contributed by atoms with Crippen LogP contribution in [0.25, 0.3) is 5.69 Å². The van der Waals surface area contributed by atoms with Gasteiger partial charge >= 0.3 is 0 Å². The maximum atomic E-state index is 13.2. The number of hydrogen-bond donors (Lipinski definition) is 0. The van der Waals surface area contributed by atoms with Crippen molar-refractivity contribution in [3.63, 3.8) is 0 Å². The number of nitrogens with zero attached hydrogens (tertiary/aromatic N) is 2. The molecule has 1 heterocycles. The monoisotopic (exact) mass is 408 g/mol. The van der Waals surface area contributed by atoms with Crippen LogP contribution >= 0.6 is 22.6 Å². The molecule has 22 heavy (non-hydrogen) atoms. The number of hydrogen-bond acceptors (Lipinski definition) is 1. The van der Waals surface area contributed by atoms with E-state index in [2.05, 4.69) is 60.2 Å². The van der Waals surface area contributed by atoms with Gasteiger partial charge in [0.2, 0.25) is 0 Å². The second kappa shape index (κ2) is 4.28. The molecule has 3 nitrogen and oxygen atoms in total. The van der Waals surface area contributed by atoms with Crippen LogP contribution in [0.4, 0.5) is 0 Å². The average Bonchev–Trinajstić information content (AvgIpc) is 2.91. The molecule has 0 spiro atoms. The molecule has 0 N–H and O–H groups in total. The number of rotatable bonds is 1. The van der Waals surface area contributed by atoms with Crippen molar-refractivity contribution in [2.75, 3.05) is 0 Å². The lowest BCUT2D eigenvalue weighted by Crippen LogP contribution is -2.35. The van der Waals surface area contributed by atoms with E-state index in [9.17, 15) is 4.79 Å². The highest BCUT2D eigenvalue weighted by atomic mass is 127. The lowest BCUT2D eigenvalue weighted by Gasteiger charge is -2.36. The molecular formula is C18H21IN2O. The Labute approximate surface area is 144 Å². The van der Waals surface area contributed by atoms with Crippen molar-refractivity contribution in [1.29, 1.82) is 0 Å². The third kappa shape index (κ3) is 1.49. The molecule has 0 saturated heterocycles. The van der Waals surface area contributed by atoms with Crippen LogP contribution in [0, 0.1) is 8.99 Å². The molecule has 0 unspecified atom stereocenters. The van der Waals surface area contributed by atoms with Crippen molar-refractivity contribution in [2.24, 2.45) is 12.5 Å². The van der Waals surface area contributed by atoms with E-state index in [4.69, 9.17) is 0 Å². The predicted molar refractivity (Wildman–Crippen MR) is 96.8 cm³/mol. The molecular weight excluding hydrogens is 387 g/mol. The van der Waals surface area contributed by atoms with E-state index in [1.54, 1.807) is 0 Å². The van der Waals surface area contributed by atoms with Gasteiger partial charge in [0, 0.05) is 21.6 Å². The van der Waals surface area contributed by atoms with Crippen molar-refractivity contribution in [2.45, 2.75) is 44.9 Å². The molecule has 4 rings (SSSR count). The molecule has 4 heteroatoms. The Balaban J connectivity index is 2.03. The predicted octanol–water partition coefficient (Wildman–Crippen LogP) is 3.96. The quantitative estimate of drug-likeness (QED) is 0.657. The Morgan fingerprint density at radius 1 is 1.27 bits per heavy atom. The summed E-state index contributed by atoms with van der Waals surface area (Å²) in [6, 6.07) is 8.17. The minimum Gasteiger partial charge on any atom is -0.284 e. The summed E-state index contributed by atoms with van der Waals surface area (Å²) in [5.41, 5.74) is 3.76. The zero-order valence-corrected chi connectivity index (χ0v) is 15.6. The molecule has 1 aromatic carbocycles. The van der Waals surface area contributed by atoms with Gasteiger partial charge in [-0.3, -0.25) is 9.48 Å². The fourth-order valence-electron chi connectivity index (χ4n) is 4.92. The summed E-state index contributed by atoms with van der Waals surface area (Å²) in [6.45, 7) is 7.01. The summed E-state index contributed by atoms with van der Waals surface area (Å²) in [5, 5.41) is 0. The van der Waals surface area contributed by atoms with E-state index in [1.165, 1.54) is 12.1 Å². The van der Waals surface area contributed by atoms with Crippen LogP contribution in [-0.4, -0.2) is 9.36 Å². The van der Waals surface area contributed by atoms with Gasteiger partial charge in [0.25, 0.3) is 5.56 Å². The highest BCUT2D eigenvalue weighted by Crippen LogP contribution is 2.66. The number of benzene rings is 1. The first kappa shape index (κ1) is 14.5. The Morgan fingerprint density at radius 3 is 2.64 bits per heavy atom. The van der Waals surface area contributed by atoms with Gasteiger partial charge in [-0.05, 0) is 65.0 Å². The van der Waals surface area contributed by atoms with Crippen molar-refractivity contribution >= 4 is 22.6 Å². The van der Waals surface area contributed by atoms with E-state index >= 15 is 0 Å².